The summed E-state index contributed by atoms with van der Waals surface area (Å²) in [5.41, 5.74) is -0.457. The van der Waals surface area contributed by atoms with Crippen LogP contribution in [0.3, 0.4) is 0 Å². The Morgan fingerprint density at radius 3 is 2.74 bits per heavy atom. The molecule has 1 aromatic heterocycles. The molecule has 11 heteroatoms. The number of thioether (sulfide) groups is 1. The molecule has 1 N–H and O–H groups in total. The lowest BCUT2D eigenvalue weighted by atomic mass is 10.2. The SMILES string of the molecule is CC(C)Cn1c(SCC(=O)Nc2cc([N+](=O)[O-])ccc2F)nc2ccc(Cl)cc2c1=O. The third-order valence-corrected chi connectivity index (χ3v) is 5.41. The van der Waals surface area contributed by atoms with Crippen molar-refractivity contribution in [2.24, 2.45) is 5.92 Å². The van der Waals surface area contributed by atoms with Gasteiger partial charge in [-0.1, -0.05) is 37.2 Å². The molecule has 0 saturated heterocycles. The summed E-state index contributed by atoms with van der Waals surface area (Å²) < 4.78 is 15.4. The molecule has 31 heavy (non-hydrogen) atoms. The molecule has 1 amide bonds. The first kappa shape index (κ1) is 22.7. The first-order valence-electron chi connectivity index (χ1n) is 9.22. The fourth-order valence-corrected chi connectivity index (χ4v) is 3.83. The van der Waals surface area contributed by atoms with Crippen LogP contribution >= 0.6 is 23.4 Å². The minimum absolute atomic E-state index is 0.142. The van der Waals surface area contributed by atoms with Crippen molar-refractivity contribution in [2.45, 2.75) is 25.5 Å². The maximum Gasteiger partial charge on any atom is 0.271 e. The van der Waals surface area contributed by atoms with Gasteiger partial charge in [0.25, 0.3) is 11.2 Å². The van der Waals surface area contributed by atoms with E-state index in [1.54, 1.807) is 18.2 Å². The number of hydrogen-bond acceptors (Lipinski definition) is 6. The molecule has 0 aliphatic rings. The van der Waals surface area contributed by atoms with E-state index in [4.69, 9.17) is 11.6 Å². The van der Waals surface area contributed by atoms with E-state index in [1.807, 2.05) is 13.8 Å². The van der Waals surface area contributed by atoms with Gasteiger partial charge in [-0.3, -0.25) is 24.3 Å². The number of non-ortho nitro benzene ring substituents is 1. The van der Waals surface area contributed by atoms with Gasteiger partial charge in [-0.2, -0.15) is 0 Å². The third kappa shape index (κ3) is 5.39. The Hall–Kier alpha value is -2.98. The Morgan fingerprint density at radius 1 is 1.32 bits per heavy atom. The van der Waals surface area contributed by atoms with Gasteiger partial charge in [0.2, 0.25) is 5.91 Å². The molecule has 0 aliphatic carbocycles. The topological polar surface area (TPSA) is 107 Å². The molecule has 1 heterocycles. The number of carbonyl (C=O) groups excluding carboxylic acids is 1. The number of halogens is 2. The van der Waals surface area contributed by atoms with Crippen molar-refractivity contribution in [3.8, 4) is 0 Å². The second-order valence-corrected chi connectivity index (χ2v) is 8.50. The lowest BCUT2D eigenvalue weighted by Gasteiger charge is -2.15. The van der Waals surface area contributed by atoms with Crippen molar-refractivity contribution >= 4 is 51.5 Å². The van der Waals surface area contributed by atoms with Crippen LogP contribution in [0.2, 0.25) is 5.02 Å². The van der Waals surface area contributed by atoms with E-state index in [1.165, 1.54) is 4.57 Å². The molecule has 0 unspecified atom stereocenters. The predicted octanol–water partition coefficient (Wildman–Crippen LogP) is 4.48. The molecule has 3 rings (SSSR count). The number of carbonyl (C=O) groups is 1. The van der Waals surface area contributed by atoms with Crippen LogP contribution in [-0.4, -0.2) is 26.1 Å². The van der Waals surface area contributed by atoms with Crippen molar-refractivity contribution in [3.63, 3.8) is 0 Å². The zero-order valence-electron chi connectivity index (χ0n) is 16.6. The molecular formula is C20H18ClFN4O4S. The number of hydrogen-bond donors (Lipinski definition) is 1. The fraction of sp³-hybridized carbons (Fsp3) is 0.250. The van der Waals surface area contributed by atoms with Crippen molar-refractivity contribution in [2.75, 3.05) is 11.1 Å². The highest BCUT2D eigenvalue weighted by Gasteiger charge is 2.17. The number of rotatable bonds is 7. The average molecular weight is 465 g/mol. The zero-order chi connectivity index (χ0) is 22.7. The molecule has 0 spiro atoms. The largest absolute Gasteiger partial charge is 0.323 e. The number of amides is 1. The lowest BCUT2D eigenvalue weighted by molar-refractivity contribution is -0.384. The Bertz CT molecular complexity index is 1230. The second kappa shape index (κ2) is 9.44. The number of aromatic nitrogens is 2. The highest BCUT2D eigenvalue weighted by atomic mass is 35.5. The number of anilines is 1. The summed E-state index contributed by atoms with van der Waals surface area (Å²) >= 11 is 7.02. The quantitative estimate of drug-likeness (QED) is 0.239. The van der Waals surface area contributed by atoms with Crippen molar-refractivity contribution in [3.05, 3.63) is 67.7 Å². The van der Waals surface area contributed by atoms with Crippen LogP contribution in [0.15, 0.2) is 46.3 Å². The molecule has 162 valence electrons. The summed E-state index contributed by atoms with van der Waals surface area (Å²) in [6.45, 7) is 4.28. The van der Waals surface area contributed by atoms with Gasteiger partial charge in [-0.25, -0.2) is 9.37 Å². The monoisotopic (exact) mass is 464 g/mol. The van der Waals surface area contributed by atoms with Gasteiger partial charge in [0.05, 0.1) is 27.3 Å². The van der Waals surface area contributed by atoms with E-state index in [0.717, 1.165) is 30.0 Å². The normalized spacial score (nSPS) is 11.1. The number of nitro groups is 1. The lowest BCUT2D eigenvalue weighted by Crippen LogP contribution is -2.26. The smallest absolute Gasteiger partial charge is 0.271 e. The molecule has 0 radical (unpaired) electrons. The Balaban J connectivity index is 1.85. The number of nitrogens with zero attached hydrogens (tertiary/aromatic N) is 3. The first-order valence-corrected chi connectivity index (χ1v) is 10.6. The minimum atomic E-state index is -0.790. The van der Waals surface area contributed by atoms with Gasteiger partial charge in [-0.15, -0.1) is 0 Å². The van der Waals surface area contributed by atoms with Crippen LogP contribution in [0.4, 0.5) is 15.8 Å². The van der Waals surface area contributed by atoms with Gasteiger partial charge >= 0.3 is 0 Å². The number of nitro benzene ring substituents is 1. The van der Waals surface area contributed by atoms with Crippen LogP contribution in [0, 0.1) is 21.8 Å². The maximum atomic E-state index is 13.9. The van der Waals surface area contributed by atoms with Crippen molar-refractivity contribution in [1.29, 1.82) is 0 Å². The highest BCUT2D eigenvalue weighted by molar-refractivity contribution is 7.99. The molecule has 0 bridgehead atoms. The first-order chi connectivity index (χ1) is 14.7. The molecule has 3 aromatic rings. The van der Waals surface area contributed by atoms with Crippen LogP contribution in [0.25, 0.3) is 10.9 Å². The average Bonchev–Trinajstić information content (AvgIpc) is 2.70. The van der Waals surface area contributed by atoms with E-state index < -0.39 is 16.6 Å². The summed E-state index contributed by atoms with van der Waals surface area (Å²) in [6.07, 6.45) is 0. The maximum absolute atomic E-state index is 13.9. The Labute approximate surface area is 185 Å². The Morgan fingerprint density at radius 2 is 2.06 bits per heavy atom. The van der Waals surface area contributed by atoms with Crippen molar-refractivity contribution in [1.82, 2.24) is 9.55 Å². The molecule has 0 atom stereocenters. The predicted molar refractivity (Wildman–Crippen MR) is 118 cm³/mol. The van der Waals surface area contributed by atoms with E-state index in [0.29, 0.717) is 27.6 Å². The third-order valence-electron chi connectivity index (χ3n) is 4.20. The molecular weight excluding hydrogens is 447 g/mol. The molecule has 0 fully saturated rings. The van der Waals surface area contributed by atoms with Crippen LogP contribution in [-0.2, 0) is 11.3 Å². The van der Waals surface area contributed by atoms with E-state index in [2.05, 4.69) is 10.3 Å². The number of fused-ring (bicyclic) bond motifs is 1. The highest BCUT2D eigenvalue weighted by Crippen LogP contribution is 2.24. The molecule has 8 nitrogen and oxygen atoms in total. The summed E-state index contributed by atoms with van der Waals surface area (Å²) in [5, 5.41) is 14.3. The van der Waals surface area contributed by atoms with Crippen LogP contribution in [0.5, 0.6) is 0 Å². The molecule has 2 aromatic carbocycles. The van der Waals surface area contributed by atoms with Crippen LogP contribution in [0.1, 0.15) is 13.8 Å². The number of benzene rings is 2. The van der Waals surface area contributed by atoms with Gasteiger partial charge in [0.15, 0.2) is 5.16 Å². The molecule has 0 aliphatic heterocycles. The zero-order valence-corrected chi connectivity index (χ0v) is 18.2. The van der Waals surface area contributed by atoms with Gasteiger partial charge in [-0.05, 0) is 30.2 Å². The van der Waals surface area contributed by atoms with E-state index >= 15 is 0 Å². The van der Waals surface area contributed by atoms with Gasteiger partial charge in [0, 0.05) is 23.7 Å². The van der Waals surface area contributed by atoms with Crippen LogP contribution < -0.4 is 10.9 Å². The fourth-order valence-electron chi connectivity index (χ4n) is 2.85. The minimum Gasteiger partial charge on any atom is -0.323 e. The standard InChI is InChI=1S/C20H18ClFN4O4S/c1-11(2)9-25-19(28)14-7-12(21)3-6-16(14)24-20(25)31-10-18(27)23-17-8-13(26(29)30)4-5-15(17)22/h3-8,11H,9-10H2,1-2H3,(H,23,27). The summed E-state index contributed by atoms with van der Waals surface area (Å²) in [4.78, 5) is 40.0. The van der Waals surface area contributed by atoms with Crippen molar-refractivity contribution < 1.29 is 14.1 Å². The Kier molecular flexibility index (Phi) is 6.91. The van der Waals surface area contributed by atoms with E-state index in [-0.39, 0.29) is 28.6 Å². The molecule has 0 saturated carbocycles. The summed E-state index contributed by atoms with van der Waals surface area (Å²) in [6, 6.07) is 7.67. The summed E-state index contributed by atoms with van der Waals surface area (Å²) in [5.74, 6) is -1.42. The van der Waals surface area contributed by atoms with E-state index in [9.17, 15) is 24.1 Å². The second-order valence-electron chi connectivity index (χ2n) is 7.12. The number of nitrogens with one attached hydrogen (secondary N) is 1. The van der Waals surface area contributed by atoms with Gasteiger partial charge < -0.3 is 5.32 Å². The summed E-state index contributed by atoms with van der Waals surface area (Å²) in [7, 11) is 0. The van der Waals surface area contributed by atoms with Gasteiger partial charge in [0.1, 0.15) is 5.82 Å².